The van der Waals surface area contributed by atoms with Crippen LogP contribution in [0.15, 0.2) is 22.7 Å². The number of hydrogen-bond donors (Lipinski definition) is 0. The molecule has 1 aromatic rings. The lowest BCUT2D eigenvalue weighted by Crippen LogP contribution is -2.41. The zero-order chi connectivity index (χ0) is 13.1. The molecule has 1 aromatic carbocycles. The number of nitrogens with zero attached hydrogens (tertiary/aromatic N) is 1. The van der Waals surface area contributed by atoms with Crippen molar-refractivity contribution in [1.82, 2.24) is 4.90 Å². The maximum absolute atomic E-state index is 12.4. The number of benzene rings is 1. The highest BCUT2D eigenvalue weighted by molar-refractivity contribution is 9.10. The van der Waals surface area contributed by atoms with Gasteiger partial charge in [-0.2, -0.15) is 11.8 Å². The number of hydrogen-bond acceptors (Lipinski definition) is 2. The third-order valence-electron chi connectivity index (χ3n) is 3.06. The quantitative estimate of drug-likeness (QED) is 0.803. The minimum absolute atomic E-state index is 0.0417. The Morgan fingerprint density at radius 2 is 2.39 bits per heavy atom. The number of carbonyl (C=O) groups is 1. The van der Waals surface area contributed by atoms with E-state index in [2.05, 4.69) is 22.9 Å². The van der Waals surface area contributed by atoms with E-state index in [1.165, 1.54) is 0 Å². The summed E-state index contributed by atoms with van der Waals surface area (Å²) in [7, 11) is 0. The fourth-order valence-corrected chi connectivity index (χ4v) is 3.74. The molecule has 0 bridgehead atoms. The largest absolute Gasteiger partial charge is 0.337 e. The van der Waals surface area contributed by atoms with Crippen LogP contribution in [0, 0.1) is 0 Å². The molecular weight excluding hydrogens is 334 g/mol. The normalized spacial score (nSPS) is 19.9. The molecule has 0 spiro atoms. The third kappa shape index (κ3) is 3.03. The summed E-state index contributed by atoms with van der Waals surface area (Å²) in [6.07, 6.45) is 1.10. The summed E-state index contributed by atoms with van der Waals surface area (Å²) < 4.78 is 0.772. The minimum atomic E-state index is 0.0417. The van der Waals surface area contributed by atoms with Crippen LogP contribution < -0.4 is 0 Å². The Kier molecular flexibility index (Phi) is 4.98. The average Bonchev–Trinajstić information content (AvgIpc) is 2.41. The van der Waals surface area contributed by atoms with Crippen LogP contribution in [0.5, 0.6) is 0 Å². The van der Waals surface area contributed by atoms with Crippen LogP contribution in [0.3, 0.4) is 0 Å². The first kappa shape index (κ1) is 14.2. The average molecular weight is 349 g/mol. The second-order valence-electron chi connectivity index (χ2n) is 4.25. The van der Waals surface area contributed by atoms with E-state index >= 15 is 0 Å². The molecule has 5 heteroatoms. The molecule has 1 heterocycles. The minimum Gasteiger partial charge on any atom is -0.337 e. The molecule has 2 nitrogen and oxygen atoms in total. The first-order valence-electron chi connectivity index (χ1n) is 5.98. The Morgan fingerprint density at radius 1 is 1.61 bits per heavy atom. The van der Waals surface area contributed by atoms with E-state index in [-0.39, 0.29) is 5.91 Å². The fraction of sp³-hybridized carbons (Fsp3) is 0.462. The lowest BCUT2D eigenvalue weighted by molar-refractivity contribution is 0.0761. The highest BCUT2D eigenvalue weighted by Gasteiger charge is 2.25. The van der Waals surface area contributed by atoms with Crippen LogP contribution in [0.25, 0.3) is 0 Å². The van der Waals surface area contributed by atoms with Crippen molar-refractivity contribution in [1.29, 1.82) is 0 Å². The summed E-state index contributed by atoms with van der Waals surface area (Å²) in [5.41, 5.74) is 0.591. The van der Waals surface area contributed by atoms with Gasteiger partial charge in [0.1, 0.15) is 0 Å². The van der Waals surface area contributed by atoms with Crippen molar-refractivity contribution in [3.05, 3.63) is 33.3 Å². The van der Waals surface area contributed by atoms with Gasteiger partial charge in [-0.05, 0) is 34.5 Å². The predicted octanol–water partition coefficient (Wildman–Crippen LogP) is 4.07. The van der Waals surface area contributed by atoms with Crippen LogP contribution in [0.4, 0.5) is 0 Å². The Morgan fingerprint density at radius 3 is 3.11 bits per heavy atom. The molecule has 1 aliphatic rings. The van der Waals surface area contributed by atoms with Crippen LogP contribution in [0.2, 0.25) is 5.02 Å². The van der Waals surface area contributed by atoms with Gasteiger partial charge in [0, 0.05) is 28.6 Å². The number of thioether (sulfide) groups is 1. The van der Waals surface area contributed by atoms with Crippen molar-refractivity contribution in [3.63, 3.8) is 0 Å². The van der Waals surface area contributed by atoms with Gasteiger partial charge < -0.3 is 4.90 Å². The standard InChI is InChI=1S/C13H15BrClNOS/c1-2-9-8-16(6-7-18-9)13(17)10-4-3-5-11(14)12(10)15/h3-5,9H,2,6-8H2,1H3. The molecule has 2 rings (SSSR count). The molecule has 0 aliphatic carbocycles. The second-order valence-corrected chi connectivity index (χ2v) is 6.89. The van der Waals surface area contributed by atoms with Gasteiger partial charge in [-0.3, -0.25) is 4.79 Å². The van der Waals surface area contributed by atoms with Gasteiger partial charge in [0.15, 0.2) is 0 Å². The number of carbonyl (C=O) groups excluding carboxylic acids is 1. The molecule has 18 heavy (non-hydrogen) atoms. The number of amides is 1. The highest BCUT2D eigenvalue weighted by atomic mass is 79.9. The first-order chi connectivity index (χ1) is 8.63. The van der Waals surface area contributed by atoms with Crippen LogP contribution in [0.1, 0.15) is 23.7 Å². The molecule has 1 fully saturated rings. The molecule has 1 aliphatic heterocycles. The Balaban J connectivity index is 2.18. The third-order valence-corrected chi connectivity index (χ3v) is 5.73. The van der Waals surface area contributed by atoms with E-state index in [0.717, 1.165) is 29.7 Å². The van der Waals surface area contributed by atoms with Crippen molar-refractivity contribution in [3.8, 4) is 0 Å². The fourth-order valence-electron chi connectivity index (χ4n) is 1.99. The van der Waals surface area contributed by atoms with Gasteiger partial charge >= 0.3 is 0 Å². The van der Waals surface area contributed by atoms with Crippen LogP contribution in [-0.2, 0) is 0 Å². The predicted molar refractivity (Wildman–Crippen MR) is 81.6 cm³/mol. The smallest absolute Gasteiger partial charge is 0.255 e. The van der Waals surface area contributed by atoms with Gasteiger partial charge in [0.2, 0.25) is 0 Å². The maximum Gasteiger partial charge on any atom is 0.255 e. The molecule has 98 valence electrons. The van der Waals surface area contributed by atoms with Crippen molar-refractivity contribution in [2.75, 3.05) is 18.8 Å². The molecule has 1 amide bonds. The summed E-state index contributed by atoms with van der Waals surface area (Å²) in [5, 5.41) is 1.06. The summed E-state index contributed by atoms with van der Waals surface area (Å²) in [5.74, 6) is 1.05. The molecule has 0 aromatic heterocycles. The second kappa shape index (κ2) is 6.31. The molecule has 0 N–H and O–H groups in total. The summed E-state index contributed by atoms with van der Waals surface area (Å²) in [4.78, 5) is 14.4. The van der Waals surface area contributed by atoms with Crippen molar-refractivity contribution < 1.29 is 4.79 Å². The molecule has 1 saturated heterocycles. The van der Waals surface area contributed by atoms with Gasteiger partial charge in [-0.1, -0.05) is 24.6 Å². The molecule has 1 unspecified atom stereocenters. The van der Waals surface area contributed by atoms with E-state index in [1.807, 2.05) is 28.8 Å². The van der Waals surface area contributed by atoms with Gasteiger partial charge in [-0.15, -0.1) is 0 Å². The van der Waals surface area contributed by atoms with Gasteiger partial charge in [-0.25, -0.2) is 0 Å². The summed E-state index contributed by atoms with van der Waals surface area (Å²) in [6, 6.07) is 5.48. The van der Waals surface area contributed by atoms with Crippen molar-refractivity contribution in [2.45, 2.75) is 18.6 Å². The molecule has 0 radical (unpaired) electrons. The van der Waals surface area contributed by atoms with E-state index < -0.39 is 0 Å². The van der Waals surface area contributed by atoms with E-state index in [4.69, 9.17) is 11.6 Å². The molecule has 1 atom stereocenters. The van der Waals surface area contributed by atoms with Crippen molar-refractivity contribution in [2.24, 2.45) is 0 Å². The number of halogens is 2. The summed E-state index contributed by atoms with van der Waals surface area (Å²) in [6.45, 7) is 3.80. The summed E-state index contributed by atoms with van der Waals surface area (Å²) >= 11 is 11.5. The zero-order valence-electron chi connectivity index (χ0n) is 10.2. The van der Waals surface area contributed by atoms with Crippen LogP contribution in [-0.4, -0.2) is 34.9 Å². The van der Waals surface area contributed by atoms with Gasteiger partial charge in [0.25, 0.3) is 5.91 Å². The highest BCUT2D eigenvalue weighted by Crippen LogP contribution is 2.28. The van der Waals surface area contributed by atoms with Gasteiger partial charge in [0.05, 0.1) is 10.6 Å². The number of rotatable bonds is 2. The van der Waals surface area contributed by atoms with E-state index in [9.17, 15) is 4.79 Å². The van der Waals surface area contributed by atoms with E-state index in [0.29, 0.717) is 15.8 Å². The SMILES string of the molecule is CCC1CN(C(=O)c2cccc(Br)c2Cl)CCS1. The monoisotopic (exact) mass is 347 g/mol. The maximum atomic E-state index is 12.4. The lowest BCUT2D eigenvalue weighted by Gasteiger charge is -2.32. The Hall–Kier alpha value is -0.190. The molecular formula is C13H15BrClNOS. The Labute approximate surface area is 125 Å². The topological polar surface area (TPSA) is 20.3 Å². The Bertz CT molecular complexity index is 455. The molecule has 0 saturated carbocycles. The lowest BCUT2D eigenvalue weighted by atomic mass is 10.2. The van der Waals surface area contributed by atoms with E-state index in [1.54, 1.807) is 6.07 Å². The van der Waals surface area contributed by atoms with Crippen molar-refractivity contribution >= 4 is 45.2 Å². The zero-order valence-corrected chi connectivity index (χ0v) is 13.3. The van der Waals surface area contributed by atoms with Crippen LogP contribution >= 0.6 is 39.3 Å². The first-order valence-corrected chi connectivity index (χ1v) is 8.20.